The predicted octanol–water partition coefficient (Wildman–Crippen LogP) is 2.56. The van der Waals surface area contributed by atoms with Crippen molar-refractivity contribution >= 4 is 34.5 Å². The molecule has 2 aromatic carbocycles. The number of carbonyl (C=O) groups excluding carboxylic acids is 1. The molecule has 0 bridgehead atoms. The van der Waals surface area contributed by atoms with Crippen LogP contribution in [0.5, 0.6) is 0 Å². The molecule has 3 N–H and O–H groups in total. The number of esters is 1. The molecule has 0 aliphatic carbocycles. The number of methoxy groups -OCH3 is 1. The first-order valence-electron chi connectivity index (χ1n) is 7.95. The highest BCUT2D eigenvalue weighted by atomic mass is 16.6. The maximum atomic E-state index is 11.4. The number of benzene rings is 2. The van der Waals surface area contributed by atoms with Gasteiger partial charge in [-0.25, -0.2) is 9.59 Å². The minimum Gasteiger partial charge on any atom is -0.466 e. The number of nitrogens with one attached hydrogen (secondary N) is 3. The maximum Gasteiger partial charge on any atom is 0.330 e. The van der Waals surface area contributed by atoms with Gasteiger partial charge in [-0.1, -0.05) is 12.1 Å². The molecule has 27 heavy (non-hydrogen) atoms. The molecule has 0 amide bonds. The van der Waals surface area contributed by atoms with Gasteiger partial charge in [0.2, 0.25) is 0 Å². The van der Waals surface area contributed by atoms with Crippen molar-refractivity contribution in [2.45, 2.75) is 6.54 Å². The first-order valence-corrected chi connectivity index (χ1v) is 7.95. The Balaban J connectivity index is 1.80. The van der Waals surface area contributed by atoms with Crippen molar-refractivity contribution in [3.63, 3.8) is 0 Å². The number of aromatic nitrogens is 2. The zero-order chi connectivity index (χ0) is 19.4. The third-order valence-electron chi connectivity index (χ3n) is 3.89. The Morgan fingerprint density at radius 1 is 1.22 bits per heavy atom. The van der Waals surface area contributed by atoms with Crippen molar-refractivity contribution in [1.82, 2.24) is 9.97 Å². The lowest BCUT2D eigenvalue weighted by Crippen LogP contribution is -2.03. The van der Waals surface area contributed by atoms with Gasteiger partial charge in [-0.05, 0) is 35.4 Å². The fourth-order valence-corrected chi connectivity index (χ4v) is 2.57. The quantitative estimate of drug-likeness (QED) is 0.265. The van der Waals surface area contributed by atoms with Crippen LogP contribution in [0.25, 0.3) is 17.1 Å². The summed E-state index contributed by atoms with van der Waals surface area (Å²) in [7, 11) is 1.25. The Morgan fingerprint density at radius 2 is 2.00 bits per heavy atom. The van der Waals surface area contributed by atoms with E-state index in [2.05, 4.69) is 20.0 Å². The van der Waals surface area contributed by atoms with Gasteiger partial charge in [-0.3, -0.25) is 10.1 Å². The summed E-state index contributed by atoms with van der Waals surface area (Å²) in [6.45, 7) is 0.335. The molecule has 1 heterocycles. The van der Waals surface area contributed by atoms with Crippen molar-refractivity contribution < 1.29 is 14.5 Å². The van der Waals surface area contributed by atoms with E-state index in [1.165, 1.54) is 25.3 Å². The molecule has 0 spiro atoms. The Morgan fingerprint density at radius 3 is 2.74 bits per heavy atom. The Bertz CT molecular complexity index is 1100. The summed E-state index contributed by atoms with van der Waals surface area (Å²) in [5, 5.41) is 14.4. The minimum absolute atomic E-state index is 0.113. The second-order valence-electron chi connectivity index (χ2n) is 5.70. The number of hydrogen-bond acceptors (Lipinski definition) is 6. The molecule has 0 fully saturated rings. The molecule has 9 heteroatoms. The third-order valence-corrected chi connectivity index (χ3v) is 3.89. The number of nitro benzene ring substituents is 1. The van der Waals surface area contributed by atoms with Crippen LogP contribution in [-0.2, 0) is 16.1 Å². The van der Waals surface area contributed by atoms with Crippen molar-refractivity contribution in [3.05, 3.63) is 74.2 Å². The van der Waals surface area contributed by atoms with E-state index >= 15 is 0 Å². The highest BCUT2D eigenvalue weighted by Gasteiger charge is 2.14. The van der Waals surface area contributed by atoms with Gasteiger partial charge in [0.25, 0.3) is 5.69 Å². The van der Waals surface area contributed by atoms with Gasteiger partial charge < -0.3 is 20.0 Å². The molecule has 0 saturated carbocycles. The number of H-pyrrole nitrogens is 2. The van der Waals surface area contributed by atoms with E-state index in [0.29, 0.717) is 28.8 Å². The molecule has 0 saturated heterocycles. The van der Waals surface area contributed by atoms with E-state index in [9.17, 15) is 19.7 Å². The highest BCUT2D eigenvalue weighted by molar-refractivity contribution is 5.87. The van der Waals surface area contributed by atoms with Crippen molar-refractivity contribution in [3.8, 4) is 0 Å². The van der Waals surface area contributed by atoms with Crippen LogP contribution >= 0.6 is 0 Å². The summed E-state index contributed by atoms with van der Waals surface area (Å²) in [5.74, 6) is -0.543. The number of hydrogen-bond donors (Lipinski definition) is 3. The van der Waals surface area contributed by atoms with Gasteiger partial charge in [-0.15, -0.1) is 0 Å². The van der Waals surface area contributed by atoms with E-state index in [-0.39, 0.29) is 11.4 Å². The summed E-state index contributed by atoms with van der Waals surface area (Å²) in [6.07, 6.45) is 2.64. The summed E-state index contributed by atoms with van der Waals surface area (Å²) in [6, 6.07) is 9.97. The van der Waals surface area contributed by atoms with Gasteiger partial charge in [0.1, 0.15) is 5.69 Å². The second kappa shape index (κ2) is 7.56. The summed E-state index contributed by atoms with van der Waals surface area (Å²) >= 11 is 0. The molecule has 138 valence electrons. The smallest absolute Gasteiger partial charge is 0.330 e. The largest absolute Gasteiger partial charge is 0.466 e. The van der Waals surface area contributed by atoms with Gasteiger partial charge in [0.15, 0.2) is 0 Å². The van der Waals surface area contributed by atoms with Crippen LogP contribution in [0.1, 0.15) is 11.1 Å². The van der Waals surface area contributed by atoms with Crippen molar-refractivity contribution in [2.75, 3.05) is 12.4 Å². The normalized spacial score (nSPS) is 11.0. The first-order chi connectivity index (χ1) is 13.0. The van der Waals surface area contributed by atoms with E-state index in [0.717, 1.165) is 5.56 Å². The van der Waals surface area contributed by atoms with Gasteiger partial charge in [-0.2, -0.15) is 0 Å². The van der Waals surface area contributed by atoms with E-state index in [4.69, 9.17) is 0 Å². The number of carbonyl (C=O) groups is 1. The van der Waals surface area contributed by atoms with Gasteiger partial charge >= 0.3 is 11.7 Å². The van der Waals surface area contributed by atoms with Crippen LogP contribution in [0.3, 0.4) is 0 Å². The number of anilines is 1. The topological polar surface area (TPSA) is 130 Å². The highest BCUT2D eigenvalue weighted by Crippen LogP contribution is 2.27. The van der Waals surface area contributed by atoms with Crippen molar-refractivity contribution in [2.24, 2.45) is 0 Å². The molecule has 0 aliphatic rings. The molecule has 3 rings (SSSR count). The number of rotatable bonds is 6. The first kappa shape index (κ1) is 17.9. The van der Waals surface area contributed by atoms with E-state index < -0.39 is 10.9 Å². The molecule has 0 atom stereocenters. The van der Waals surface area contributed by atoms with Crippen LogP contribution in [0, 0.1) is 10.1 Å². The summed E-state index contributed by atoms with van der Waals surface area (Å²) in [5.41, 5.74) is 2.65. The standard InChI is InChI=1S/C18H16N4O5/c1-27-17(23)7-4-11-2-6-14(16(9-11)22(25)26)19-10-12-3-5-13-15(8-12)21-18(24)20-13/h2-9,19H,10H2,1H3,(H2,20,21,24)/b7-4+. The number of imidazole rings is 1. The predicted molar refractivity (Wildman–Crippen MR) is 100 cm³/mol. The molecule has 1 aromatic heterocycles. The number of ether oxygens (including phenoxy) is 1. The Kier molecular flexibility index (Phi) is 5.02. The second-order valence-corrected chi connectivity index (χ2v) is 5.70. The zero-order valence-corrected chi connectivity index (χ0v) is 14.3. The number of nitrogens with zero attached hydrogens (tertiary/aromatic N) is 1. The fourth-order valence-electron chi connectivity index (χ4n) is 2.57. The zero-order valence-electron chi connectivity index (χ0n) is 14.3. The van der Waals surface area contributed by atoms with Crippen LogP contribution in [0.2, 0.25) is 0 Å². The average Bonchev–Trinajstić information content (AvgIpc) is 3.03. The Labute approximate surface area is 152 Å². The minimum atomic E-state index is -0.543. The van der Waals surface area contributed by atoms with E-state index in [1.807, 2.05) is 6.07 Å². The number of fused-ring (bicyclic) bond motifs is 1. The van der Waals surface area contributed by atoms with Gasteiger partial charge in [0, 0.05) is 18.7 Å². The van der Waals surface area contributed by atoms with Gasteiger partial charge in [0.05, 0.1) is 23.1 Å². The monoisotopic (exact) mass is 368 g/mol. The SMILES string of the molecule is COC(=O)/C=C/c1ccc(NCc2ccc3[nH]c(=O)[nH]c3c2)c([N+](=O)[O-])c1. The lowest BCUT2D eigenvalue weighted by atomic mass is 10.1. The van der Waals surface area contributed by atoms with Crippen LogP contribution in [-0.4, -0.2) is 28.0 Å². The lowest BCUT2D eigenvalue weighted by Gasteiger charge is -2.08. The Hall–Kier alpha value is -3.88. The summed E-state index contributed by atoms with van der Waals surface area (Å²) in [4.78, 5) is 38.6. The number of nitro groups is 1. The molecule has 0 unspecified atom stereocenters. The third kappa shape index (κ3) is 4.21. The van der Waals surface area contributed by atoms with Crippen LogP contribution < -0.4 is 11.0 Å². The average molecular weight is 368 g/mol. The maximum absolute atomic E-state index is 11.4. The summed E-state index contributed by atoms with van der Waals surface area (Å²) < 4.78 is 4.50. The molecule has 0 radical (unpaired) electrons. The molecule has 3 aromatic rings. The van der Waals surface area contributed by atoms with Crippen molar-refractivity contribution in [1.29, 1.82) is 0 Å². The molecular weight excluding hydrogens is 352 g/mol. The fraction of sp³-hybridized carbons (Fsp3) is 0.111. The molecule has 0 aliphatic heterocycles. The van der Waals surface area contributed by atoms with Crippen LogP contribution in [0.15, 0.2) is 47.3 Å². The van der Waals surface area contributed by atoms with E-state index in [1.54, 1.807) is 24.3 Å². The lowest BCUT2D eigenvalue weighted by molar-refractivity contribution is -0.384. The number of aromatic amines is 2. The molecular formula is C18H16N4O5. The van der Waals surface area contributed by atoms with Crippen LogP contribution in [0.4, 0.5) is 11.4 Å². The molecule has 9 nitrogen and oxygen atoms in total.